The van der Waals surface area contributed by atoms with Crippen molar-refractivity contribution in [2.75, 3.05) is 20.6 Å². The summed E-state index contributed by atoms with van der Waals surface area (Å²) in [4.78, 5) is 6.91. The molecular weight excluding hydrogens is 466 g/mol. The number of halogens is 3. The van der Waals surface area contributed by atoms with E-state index in [2.05, 4.69) is 27.6 Å². The average Bonchev–Trinajstić information content (AvgIpc) is 2.56. The molecule has 0 saturated carbocycles. The number of nitrogens with one attached hydrogen (secondary N) is 2. The van der Waals surface area contributed by atoms with Crippen molar-refractivity contribution in [3.05, 3.63) is 34.6 Å². The molecule has 3 rings (SSSR count). The van der Waals surface area contributed by atoms with Crippen LogP contribution in [-0.4, -0.2) is 49.6 Å². The molecule has 1 aromatic rings. The highest BCUT2D eigenvalue weighted by molar-refractivity contribution is 14.0. The third kappa shape index (κ3) is 5.45. The van der Waals surface area contributed by atoms with Gasteiger partial charge in [-0.1, -0.05) is 24.1 Å². The molecule has 0 radical (unpaired) electrons. The maximum atomic E-state index is 13.1. The first-order valence-electron chi connectivity index (χ1n) is 9.20. The molecule has 2 saturated heterocycles. The van der Waals surface area contributed by atoms with Gasteiger partial charge in [0, 0.05) is 36.7 Å². The highest BCUT2D eigenvalue weighted by atomic mass is 127. The number of nitrogens with zero attached hydrogens (tertiary/aromatic N) is 2. The number of piperidine rings is 2. The van der Waals surface area contributed by atoms with E-state index in [1.54, 1.807) is 13.1 Å². The fourth-order valence-corrected chi connectivity index (χ4v) is 4.42. The smallest absolute Gasteiger partial charge is 0.191 e. The summed E-state index contributed by atoms with van der Waals surface area (Å²) in [7, 11) is 4.07. The number of hydrogen-bond acceptors (Lipinski definition) is 2. The first-order chi connectivity index (χ1) is 12.1. The lowest BCUT2D eigenvalue weighted by Gasteiger charge is -2.47. The van der Waals surface area contributed by atoms with Crippen molar-refractivity contribution in [2.24, 2.45) is 4.99 Å². The minimum Gasteiger partial charge on any atom is -0.356 e. The van der Waals surface area contributed by atoms with Gasteiger partial charge in [0.2, 0.25) is 0 Å². The summed E-state index contributed by atoms with van der Waals surface area (Å²) in [6.07, 6.45) is 7.06. The van der Waals surface area contributed by atoms with Crippen LogP contribution in [0.1, 0.15) is 37.7 Å². The maximum Gasteiger partial charge on any atom is 0.191 e. The third-order valence-corrected chi connectivity index (χ3v) is 5.96. The highest BCUT2D eigenvalue weighted by Gasteiger charge is 2.36. The van der Waals surface area contributed by atoms with Gasteiger partial charge >= 0.3 is 0 Å². The van der Waals surface area contributed by atoms with Gasteiger partial charge in [0.25, 0.3) is 0 Å². The van der Waals surface area contributed by atoms with Gasteiger partial charge in [-0.05, 0) is 56.8 Å². The van der Waals surface area contributed by atoms with Crippen LogP contribution in [0, 0.1) is 5.82 Å². The normalized spacial score (nSPS) is 26.2. The monoisotopic (exact) mass is 494 g/mol. The minimum absolute atomic E-state index is 0. The molecule has 0 amide bonds. The average molecular weight is 495 g/mol. The molecular formula is C19H29ClFIN4. The predicted molar refractivity (Wildman–Crippen MR) is 117 cm³/mol. The Morgan fingerprint density at radius 2 is 2.00 bits per heavy atom. The molecule has 2 heterocycles. The molecule has 2 atom stereocenters. The molecule has 0 aromatic heterocycles. The van der Waals surface area contributed by atoms with Crippen LogP contribution in [0.3, 0.4) is 0 Å². The molecule has 2 bridgehead atoms. The SMILES string of the molecule is CN=C(NCCc1ccc(F)cc1Cl)NC1CC2CCCC(C1)N2C.I. The molecule has 26 heavy (non-hydrogen) atoms. The molecule has 2 fully saturated rings. The summed E-state index contributed by atoms with van der Waals surface area (Å²) in [5, 5.41) is 7.42. The molecule has 2 unspecified atom stereocenters. The van der Waals surface area contributed by atoms with Crippen molar-refractivity contribution >= 4 is 41.5 Å². The van der Waals surface area contributed by atoms with E-state index in [9.17, 15) is 4.39 Å². The Labute approximate surface area is 178 Å². The summed E-state index contributed by atoms with van der Waals surface area (Å²) >= 11 is 6.08. The van der Waals surface area contributed by atoms with E-state index in [1.807, 2.05) is 0 Å². The van der Waals surface area contributed by atoms with E-state index in [-0.39, 0.29) is 29.8 Å². The van der Waals surface area contributed by atoms with Crippen molar-refractivity contribution < 1.29 is 4.39 Å². The summed E-state index contributed by atoms with van der Waals surface area (Å²) in [5.74, 6) is 0.540. The van der Waals surface area contributed by atoms with Crippen LogP contribution in [0.5, 0.6) is 0 Å². The molecule has 1 aromatic carbocycles. The zero-order valence-corrected chi connectivity index (χ0v) is 18.6. The Morgan fingerprint density at radius 3 is 2.62 bits per heavy atom. The largest absolute Gasteiger partial charge is 0.356 e. The van der Waals surface area contributed by atoms with Gasteiger partial charge in [0.15, 0.2) is 5.96 Å². The third-order valence-electron chi connectivity index (χ3n) is 5.61. The Bertz CT molecular complexity index is 614. The first kappa shape index (κ1) is 21.7. The van der Waals surface area contributed by atoms with Crippen molar-refractivity contribution in [1.82, 2.24) is 15.5 Å². The Morgan fingerprint density at radius 1 is 1.31 bits per heavy atom. The van der Waals surface area contributed by atoms with E-state index >= 15 is 0 Å². The lowest BCUT2D eigenvalue weighted by Crippen LogP contribution is -2.56. The summed E-state index contributed by atoms with van der Waals surface area (Å²) in [5.41, 5.74) is 0.944. The van der Waals surface area contributed by atoms with E-state index in [1.165, 1.54) is 44.2 Å². The highest BCUT2D eigenvalue weighted by Crippen LogP contribution is 2.32. The molecule has 0 aliphatic carbocycles. The standard InChI is InChI=1S/C19H28ClFN4.HI/c1-22-19(23-9-8-13-6-7-14(21)10-18(13)20)24-15-11-16-4-3-5-17(12-15)25(16)2;/h6-7,10,15-17H,3-5,8-9,11-12H2,1-2H3,(H2,22,23,24);1H. The second-order valence-electron chi connectivity index (χ2n) is 7.20. The van der Waals surface area contributed by atoms with Gasteiger partial charge in [-0.2, -0.15) is 0 Å². The van der Waals surface area contributed by atoms with E-state index < -0.39 is 0 Å². The molecule has 7 heteroatoms. The van der Waals surface area contributed by atoms with Crippen molar-refractivity contribution in [1.29, 1.82) is 0 Å². The van der Waals surface area contributed by atoms with E-state index in [0.717, 1.165) is 17.9 Å². The first-order valence-corrected chi connectivity index (χ1v) is 9.57. The van der Waals surface area contributed by atoms with Crippen LogP contribution < -0.4 is 10.6 Å². The number of hydrogen-bond donors (Lipinski definition) is 2. The second kappa shape index (κ2) is 10.1. The van der Waals surface area contributed by atoms with Gasteiger partial charge in [-0.25, -0.2) is 4.39 Å². The van der Waals surface area contributed by atoms with Gasteiger partial charge in [-0.3, -0.25) is 4.99 Å². The Balaban J connectivity index is 0.00000243. The number of benzene rings is 1. The van der Waals surface area contributed by atoms with Gasteiger partial charge < -0.3 is 15.5 Å². The Hall–Kier alpha value is -0.600. The van der Waals surface area contributed by atoms with Crippen molar-refractivity contribution in [3.8, 4) is 0 Å². The second-order valence-corrected chi connectivity index (χ2v) is 7.61. The topological polar surface area (TPSA) is 39.7 Å². The maximum absolute atomic E-state index is 13.1. The lowest BCUT2D eigenvalue weighted by atomic mass is 9.82. The summed E-state index contributed by atoms with van der Waals surface area (Å²) < 4.78 is 13.1. The van der Waals surface area contributed by atoms with Crippen LogP contribution in [-0.2, 0) is 6.42 Å². The minimum atomic E-state index is -0.299. The van der Waals surface area contributed by atoms with Crippen LogP contribution in [0.25, 0.3) is 0 Å². The number of fused-ring (bicyclic) bond motifs is 2. The van der Waals surface area contributed by atoms with Gasteiger partial charge in [-0.15, -0.1) is 24.0 Å². The number of aliphatic imine (C=N–C) groups is 1. The fraction of sp³-hybridized carbons (Fsp3) is 0.632. The Kier molecular flexibility index (Phi) is 8.41. The van der Waals surface area contributed by atoms with E-state index in [0.29, 0.717) is 29.7 Å². The van der Waals surface area contributed by atoms with Crippen LogP contribution >= 0.6 is 35.6 Å². The number of rotatable bonds is 4. The molecule has 4 nitrogen and oxygen atoms in total. The van der Waals surface area contributed by atoms with Gasteiger partial charge in [0.05, 0.1) is 0 Å². The molecule has 2 aliphatic heterocycles. The van der Waals surface area contributed by atoms with Crippen LogP contribution in [0.15, 0.2) is 23.2 Å². The molecule has 146 valence electrons. The fourth-order valence-electron chi connectivity index (χ4n) is 4.16. The summed E-state index contributed by atoms with van der Waals surface area (Å²) in [6, 6.07) is 6.43. The molecule has 2 aliphatic rings. The van der Waals surface area contributed by atoms with Gasteiger partial charge in [0.1, 0.15) is 5.82 Å². The quantitative estimate of drug-likeness (QED) is 0.380. The van der Waals surface area contributed by atoms with Crippen molar-refractivity contribution in [2.45, 2.75) is 56.7 Å². The predicted octanol–water partition coefficient (Wildman–Crippen LogP) is 3.82. The van der Waals surface area contributed by atoms with Crippen LogP contribution in [0.2, 0.25) is 5.02 Å². The number of guanidine groups is 1. The molecule has 0 spiro atoms. The molecule has 2 N–H and O–H groups in total. The van der Waals surface area contributed by atoms with Crippen LogP contribution in [0.4, 0.5) is 4.39 Å². The zero-order chi connectivity index (χ0) is 17.8. The zero-order valence-electron chi connectivity index (χ0n) is 15.5. The lowest BCUT2D eigenvalue weighted by molar-refractivity contribution is 0.0526. The van der Waals surface area contributed by atoms with E-state index in [4.69, 9.17) is 11.6 Å². The summed E-state index contributed by atoms with van der Waals surface area (Å²) in [6.45, 7) is 0.713. The van der Waals surface area contributed by atoms with Crippen molar-refractivity contribution in [3.63, 3.8) is 0 Å².